The third-order valence-electron chi connectivity index (χ3n) is 8.35. The smallest absolute Gasteiger partial charge is 0.263 e. The lowest BCUT2D eigenvalue weighted by Crippen LogP contribution is -2.35. The molecule has 0 N–H and O–H groups in total. The Morgan fingerprint density at radius 2 is 1.47 bits per heavy atom. The van der Waals surface area contributed by atoms with Gasteiger partial charge in [-0.25, -0.2) is 13.3 Å². The van der Waals surface area contributed by atoms with E-state index in [9.17, 15) is 18.4 Å². The molecule has 5 aromatic rings. The molecule has 3 aromatic carbocycles. The van der Waals surface area contributed by atoms with Gasteiger partial charge in [-0.15, -0.1) is 0 Å². The van der Waals surface area contributed by atoms with Crippen molar-refractivity contribution in [2.45, 2.75) is 65.3 Å². The number of carbonyl (C=O) groups excluding carboxylic acids is 1. The van der Waals surface area contributed by atoms with Crippen molar-refractivity contribution in [2.24, 2.45) is 0 Å². The van der Waals surface area contributed by atoms with Crippen LogP contribution < -0.4 is 24.4 Å². The summed E-state index contributed by atoms with van der Waals surface area (Å²) in [6, 6.07) is 21.7. The molecule has 2 aromatic heterocycles. The molecule has 0 unspecified atom stereocenters. The average molecular weight is 669 g/mol. The van der Waals surface area contributed by atoms with E-state index in [0.29, 0.717) is 41.3 Å². The molecule has 5 rings (SSSR count). The summed E-state index contributed by atoms with van der Waals surface area (Å²) in [5, 5.41) is 0.313. The molecule has 0 aliphatic heterocycles. The second-order valence-electron chi connectivity index (χ2n) is 12.0. The van der Waals surface area contributed by atoms with Crippen LogP contribution in [0.2, 0.25) is 0 Å². The normalized spacial score (nSPS) is 11.1. The Labute approximate surface area is 286 Å². The Morgan fingerprint density at radius 3 is 2.20 bits per heavy atom. The van der Waals surface area contributed by atoms with Crippen molar-refractivity contribution >= 4 is 22.5 Å². The van der Waals surface area contributed by atoms with E-state index in [4.69, 9.17) is 9.47 Å². The van der Waals surface area contributed by atoms with E-state index in [1.54, 1.807) is 23.6 Å². The number of hydrogen-bond acceptors (Lipinski definition) is 4. The molecule has 0 fully saturated rings. The van der Waals surface area contributed by atoms with Crippen LogP contribution in [-0.4, -0.2) is 30.2 Å². The van der Waals surface area contributed by atoms with Gasteiger partial charge in [0.25, 0.3) is 5.91 Å². The molecule has 2 heterocycles. The van der Waals surface area contributed by atoms with E-state index >= 15 is 0 Å². The minimum atomic E-state index is -0.813. The lowest BCUT2D eigenvalue weighted by atomic mass is 10.1. The van der Waals surface area contributed by atoms with Crippen LogP contribution in [0.1, 0.15) is 69.2 Å². The maximum atomic E-state index is 14.1. The SMILES string of the molecule is CCCOc1cccc(-n2cc(C(=O)N(CC)c3cc(F)cc(F)c3)c(=O)c3ccc(OCCCCCCCC[n+]4ccccc4)cc32)c1. The number of aryl methyl sites for hydroxylation is 1. The first-order chi connectivity index (χ1) is 23.9. The molecule has 0 spiro atoms. The minimum absolute atomic E-state index is 0.0287. The number of anilines is 1. The van der Waals surface area contributed by atoms with Gasteiger partial charge in [0.05, 0.1) is 18.7 Å². The third-order valence-corrected chi connectivity index (χ3v) is 8.35. The molecule has 0 aliphatic rings. The monoisotopic (exact) mass is 668 g/mol. The number of unbranched alkanes of at least 4 members (excludes halogenated alkanes) is 5. The van der Waals surface area contributed by atoms with Crippen LogP contribution in [0.5, 0.6) is 11.5 Å². The highest BCUT2D eigenvalue weighted by Crippen LogP contribution is 2.27. The molecule has 256 valence electrons. The Balaban J connectivity index is 1.35. The number of amides is 1. The van der Waals surface area contributed by atoms with Crippen molar-refractivity contribution in [2.75, 3.05) is 24.7 Å². The zero-order valence-corrected chi connectivity index (χ0v) is 28.2. The summed E-state index contributed by atoms with van der Waals surface area (Å²) in [6.45, 7) is 5.92. The average Bonchev–Trinajstić information content (AvgIpc) is 3.10. The topological polar surface area (TPSA) is 64.6 Å². The van der Waals surface area contributed by atoms with Crippen molar-refractivity contribution in [3.05, 3.63) is 125 Å². The predicted octanol–water partition coefficient (Wildman–Crippen LogP) is 8.43. The van der Waals surface area contributed by atoms with E-state index in [1.165, 1.54) is 23.9 Å². The molecule has 7 nitrogen and oxygen atoms in total. The van der Waals surface area contributed by atoms with Gasteiger partial charge in [-0.2, -0.15) is 0 Å². The molecule has 9 heteroatoms. The van der Waals surface area contributed by atoms with E-state index < -0.39 is 23.0 Å². The highest BCUT2D eigenvalue weighted by Gasteiger charge is 2.23. The lowest BCUT2D eigenvalue weighted by Gasteiger charge is -2.22. The maximum absolute atomic E-state index is 14.1. The summed E-state index contributed by atoms with van der Waals surface area (Å²) in [7, 11) is 0. The van der Waals surface area contributed by atoms with Gasteiger partial charge in [-0.3, -0.25) is 9.59 Å². The van der Waals surface area contributed by atoms with E-state index in [0.717, 1.165) is 56.8 Å². The number of rotatable bonds is 17. The Bertz CT molecular complexity index is 1890. The first-order valence-electron chi connectivity index (χ1n) is 17.2. The van der Waals surface area contributed by atoms with Crippen LogP contribution in [0.4, 0.5) is 14.5 Å². The van der Waals surface area contributed by atoms with E-state index in [1.807, 2.05) is 43.3 Å². The minimum Gasteiger partial charge on any atom is -0.494 e. The number of fused-ring (bicyclic) bond motifs is 1. The molecule has 0 aliphatic carbocycles. The predicted molar refractivity (Wildman–Crippen MR) is 189 cm³/mol. The standard InChI is InChI=1S/C40H44F2N3O4/c1-3-22-48-34-16-14-15-32(27-34)45-29-37(40(47)44(4-2)33-25-30(41)24-31(42)26-33)39(46)36-18-17-35(28-38(36)45)49-23-13-8-6-5-7-10-19-43-20-11-9-12-21-43/h9,11-12,14-18,20-21,24-29H,3-8,10,13,19,22-23H2,1-2H3/q+1. The Hall–Kier alpha value is -5.05. The first-order valence-corrected chi connectivity index (χ1v) is 17.2. The third kappa shape index (κ3) is 9.31. The lowest BCUT2D eigenvalue weighted by molar-refractivity contribution is -0.697. The number of aromatic nitrogens is 2. The van der Waals surface area contributed by atoms with Gasteiger partial charge < -0.3 is 18.9 Å². The van der Waals surface area contributed by atoms with Crippen molar-refractivity contribution in [1.82, 2.24) is 4.57 Å². The summed E-state index contributed by atoms with van der Waals surface area (Å²) < 4.78 is 44.2. The second-order valence-corrected chi connectivity index (χ2v) is 12.0. The van der Waals surface area contributed by atoms with Crippen LogP contribution in [0.25, 0.3) is 16.6 Å². The number of ether oxygens (including phenoxy) is 2. The highest BCUT2D eigenvalue weighted by molar-refractivity contribution is 6.07. The van der Waals surface area contributed by atoms with Crippen molar-refractivity contribution in [1.29, 1.82) is 0 Å². The quantitative estimate of drug-likeness (QED) is 0.0737. The summed E-state index contributed by atoms with van der Waals surface area (Å²) in [5.74, 6) is -1.02. The number of pyridine rings is 2. The van der Waals surface area contributed by atoms with Gasteiger partial charge in [0.2, 0.25) is 5.43 Å². The zero-order chi connectivity index (χ0) is 34.6. The van der Waals surface area contributed by atoms with Gasteiger partial charge in [-0.1, -0.05) is 38.3 Å². The van der Waals surface area contributed by atoms with Crippen LogP contribution in [-0.2, 0) is 6.54 Å². The van der Waals surface area contributed by atoms with Gasteiger partial charge in [-0.05, 0) is 62.6 Å². The van der Waals surface area contributed by atoms with Gasteiger partial charge in [0.1, 0.15) is 35.2 Å². The number of hydrogen-bond donors (Lipinski definition) is 0. The first kappa shape index (κ1) is 35.3. The Morgan fingerprint density at radius 1 is 0.776 bits per heavy atom. The summed E-state index contributed by atoms with van der Waals surface area (Å²) in [6.07, 6.45) is 13.2. The fraction of sp³-hybridized carbons (Fsp3) is 0.325. The van der Waals surface area contributed by atoms with E-state index in [2.05, 4.69) is 29.1 Å². The molecule has 0 saturated carbocycles. The van der Waals surface area contributed by atoms with Gasteiger partial charge >= 0.3 is 0 Å². The molecule has 49 heavy (non-hydrogen) atoms. The van der Waals surface area contributed by atoms with Crippen LogP contribution >= 0.6 is 0 Å². The van der Waals surface area contributed by atoms with E-state index in [-0.39, 0.29) is 17.8 Å². The highest BCUT2D eigenvalue weighted by atomic mass is 19.1. The zero-order valence-electron chi connectivity index (χ0n) is 28.2. The van der Waals surface area contributed by atoms with Crippen LogP contribution in [0.15, 0.2) is 102 Å². The Kier molecular flexibility index (Phi) is 12.5. The van der Waals surface area contributed by atoms with Crippen molar-refractivity contribution in [3.63, 3.8) is 0 Å². The molecule has 1 amide bonds. The van der Waals surface area contributed by atoms with Crippen LogP contribution in [0, 0.1) is 11.6 Å². The number of benzene rings is 3. The summed E-state index contributed by atoms with van der Waals surface area (Å²) >= 11 is 0. The largest absolute Gasteiger partial charge is 0.494 e. The number of carbonyl (C=O) groups is 1. The second kappa shape index (κ2) is 17.4. The van der Waals surface area contributed by atoms with Gasteiger partial charge in [0, 0.05) is 66.3 Å². The van der Waals surface area contributed by atoms with Gasteiger partial charge in [0.15, 0.2) is 12.4 Å². The number of nitrogens with zero attached hydrogens (tertiary/aromatic N) is 3. The van der Waals surface area contributed by atoms with Crippen molar-refractivity contribution in [3.8, 4) is 17.2 Å². The molecule has 0 atom stereocenters. The molecular formula is C40H44F2N3O4+. The summed E-state index contributed by atoms with van der Waals surface area (Å²) in [4.78, 5) is 29.0. The molecular weight excluding hydrogens is 624 g/mol. The summed E-state index contributed by atoms with van der Waals surface area (Å²) in [5.41, 5.74) is 0.649. The fourth-order valence-electron chi connectivity index (χ4n) is 5.86. The molecule has 0 saturated heterocycles. The fourth-order valence-corrected chi connectivity index (χ4v) is 5.86. The maximum Gasteiger partial charge on any atom is 0.263 e. The van der Waals surface area contributed by atoms with Crippen molar-refractivity contribution < 1.29 is 27.6 Å². The molecule has 0 radical (unpaired) electrons. The van der Waals surface area contributed by atoms with Crippen LogP contribution in [0.3, 0.4) is 0 Å². The molecule has 0 bridgehead atoms. The number of halogens is 2.